The third kappa shape index (κ3) is 6.60. The van der Waals surface area contributed by atoms with Crippen molar-refractivity contribution in [3.8, 4) is 0 Å². The molecule has 0 radical (unpaired) electrons. The minimum atomic E-state index is -1.54. The number of rotatable bonds is 10. The first-order chi connectivity index (χ1) is 8.03. The average molecular weight is 278 g/mol. The Morgan fingerprint density at radius 1 is 1.24 bits per heavy atom. The van der Waals surface area contributed by atoms with E-state index in [4.69, 9.17) is 16.0 Å². The lowest BCUT2D eigenvalue weighted by atomic mass is 10.2. The van der Waals surface area contributed by atoms with E-state index in [0.29, 0.717) is 5.03 Å². The number of hydrogen-bond donors (Lipinski definition) is 1. The average Bonchev–Trinajstić information content (AvgIpc) is 2.32. The molecule has 0 amide bonds. The predicted octanol–water partition coefficient (Wildman–Crippen LogP) is 4.13. The van der Waals surface area contributed by atoms with Crippen LogP contribution in [-0.4, -0.2) is 27.5 Å². The molecule has 0 spiro atoms. The van der Waals surface area contributed by atoms with E-state index in [1.54, 1.807) is 0 Å². The molecule has 2 nitrogen and oxygen atoms in total. The van der Waals surface area contributed by atoms with Crippen LogP contribution < -0.4 is 5.32 Å². The zero-order valence-electron chi connectivity index (χ0n) is 11.8. The highest BCUT2D eigenvalue weighted by Gasteiger charge is 2.31. The zero-order valence-corrected chi connectivity index (χ0v) is 13.6. The molecule has 102 valence electrons. The van der Waals surface area contributed by atoms with Gasteiger partial charge in [0.1, 0.15) is 0 Å². The largest absolute Gasteiger partial charge is 0.412 e. The molecule has 1 N–H and O–H groups in total. The minimum absolute atomic E-state index is 0.187. The summed E-state index contributed by atoms with van der Waals surface area (Å²) in [5.74, 6) is 0. The Kier molecular flexibility index (Phi) is 9.23. The van der Waals surface area contributed by atoms with Crippen LogP contribution in [0.5, 0.6) is 0 Å². The second-order valence-electron chi connectivity index (χ2n) is 4.51. The Bertz CT molecular complexity index is 211. The summed E-state index contributed by atoms with van der Waals surface area (Å²) in [6.45, 7) is 14.5. The summed E-state index contributed by atoms with van der Waals surface area (Å²) >= 11 is 5.92. The van der Waals surface area contributed by atoms with Gasteiger partial charge in [0.05, 0.1) is 6.10 Å². The predicted molar refractivity (Wildman–Crippen MR) is 80.2 cm³/mol. The molecule has 0 fully saturated rings. The summed E-state index contributed by atoms with van der Waals surface area (Å²) in [7, 11) is -1.54. The van der Waals surface area contributed by atoms with Crippen LogP contribution in [0.4, 0.5) is 0 Å². The summed E-state index contributed by atoms with van der Waals surface area (Å²) in [4.78, 5) is 0. The van der Waals surface area contributed by atoms with Gasteiger partial charge in [-0.1, -0.05) is 45.9 Å². The molecule has 1 atom stereocenters. The van der Waals surface area contributed by atoms with Crippen LogP contribution in [0.3, 0.4) is 0 Å². The maximum atomic E-state index is 6.43. The summed E-state index contributed by atoms with van der Waals surface area (Å²) in [5.41, 5.74) is 0. The molecule has 0 aromatic carbocycles. The van der Waals surface area contributed by atoms with Gasteiger partial charge in [0, 0.05) is 18.0 Å². The van der Waals surface area contributed by atoms with Crippen molar-refractivity contribution in [3.63, 3.8) is 0 Å². The molecule has 0 bridgehead atoms. The number of hydrogen-bond acceptors (Lipinski definition) is 2. The molecular weight excluding hydrogens is 250 g/mol. The Labute approximate surface area is 113 Å². The molecule has 0 aliphatic heterocycles. The minimum Gasteiger partial charge on any atom is -0.412 e. The topological polar surface area (TPSA) is 21.3 Å². The number of halogens is 1. The summed E-state index contributed by atoms with van der Waals surface area (Å²) in [5, 5.41) is 4.04. The van der Waals surface area contributed by atoms with Crippen molar-refractivity contribution in [1.29, 1.82) is 0 Å². The first-order valence-electron chi connectivity index (χ1n) is 6.75. The van der Waals surface area contributed by atoms with Gasteiger partial charge in [-0.05, 0) is 24.7 Å². The summed E-state index contributed by atoms with van der Waals surface area (Å²) < 4.78 is 6.43. The van der Waals surface area contributed by atoms with Crippen LogP contribution in [0, 0.1) is 0 Å². The summed E-state index contributed by atoms with van der Waals surface area (Å²) in [6, 6.07) is 3.53. The van der Waals surface area contributed by atoms with Gasteiger partial charge in [0.2, 0.25) is 0 Å². The molecule has 0 aliphatic rings. The Hall–Kier alpha value is 0.167. The van der Waals surface area contributed by atoms with Crippen molar-refractivity contribution in [2.24, 2.45) is 0 Å². The standard InChI is InChI=1S/C13H28ClNOSi/c1-6-15-11-13(10-12(5)14)16-17(7-2,8-3)9-4/h13,15H,5-11H2,1-4H3. The van der Waals surface area contributed by atoms with E-state index in [1.165, 1.54) is 18.1 Å². The molecular formula is C13H28ClNOSi. The van der Waals surface area contributed by atoms with E-state index < -0.39 is 8.32 Å². The van der Waals surface area contributed by atoms with Crippen LogP contribution in [0.15, 0.2) is 11.6 Å². The van der Waals surface area contributed by atoms with Crippen LogP contribution >= 0.6 is 11.6 Å². The molecule has 0 rings (SSSR count). The van der Waals surface area contributed by atoms with Gasteiger partial charge in [0.25, 0.3) is 0 Å². The van der Waals surface area contributed by atoms with Crippen molar-refractivity contribution in [1.82, 2.24) is 5.32 Å². The van der Waals surface area contributed by atoms with Gasteiger partial charge in [-0.2, -0.15) is 0 Å². The lowest BCUT2D eigenvalue weighted by molar-refractivity contribution is 0.186. The summed E-state index contributed by atoms with van der Waals surface area (Å²) in [6.07, 6.45) is 0.940. The molecule has 1 unspecified atom stereocenters. The van der Waals surface area contributed by atoms with Gasteiger partial charge in [-0.25, -0.2) is 0 Å². The van der Waals surface area contributed by atoms with E-state index in [2.05, 4.69) is 39.6 Å². The van der Waals surface area contributed by atoms with Crippen LogP contribution in [0.25, 0.3) is 0 Å². The Balaban J connectivity index is 4.51. The second-order valence-corrected chi connectivity index (χ2v) is 9.77. The highest BCUT2D eigenvalue weighted by Crippen LogP contribution is 2.25. The maximum absolute atomic E-state index is 6.43. The maximum Gasteiger partial charge on any atom is 0.192 e. The third-order valence-electron chi connectivity index (χ3n) is 3.42. The SMILES string of the molecule is C=C(Cl)CC(CNCC)O[Si](CC)(CC)CC. The van der Waals surface area contributed by atoms with E-state index in [1.807, 2.05) is 0 Å². The third-order valence-corrected chi connectivity index (χ3v) is 8.27. The zero-order chi connectivity index (χ0) is 13.3. The molecule has 0 heterocycles. The Morgan fingerprint density at radius 2 is 1.76 bits per heavy atom. The van der Waals surface area contributed by atoms with E-state index in [9.17, 15) is 0 Å². The highest BCUT2D eigenvalue weighted by atomic mass is 35.5. The molecule has 0 aromatic heterocycles. The highest BCUT2D eigenvalue weighted by molar-refractivity contribution is 6.73. The van der Waals surface area contributed by atoms with Crippen molar-refractivity contribution >= 4 is 19.9 Å². The van der Waals surface area contributed by atoms with Crippen molar-refractivity contribution < 1.29 is 4.43 Å². The van der Waals surface area contributed by atoms with Crippen LogP contribution in [0.1, 0.15) is 34.1 Å². The quantitative estimate of drug-likeness (QED) is 0.606. The Morgan fingerprint density at radius 3 is 2.12 bits per heavy atom. The molecule has 17 heavy (non-hydrogen) atoms. The fraction of sp³-hybridized carbons (Fsp3) is 0.846. The monoisotopic (exact) mass is 277 g/mol. The van der Waals surface area contributed by atoms with Crippen LogP contribution in [0.2, 0.25) is 18.1 Å². The second kappa shape index (κ2) is 9.14. The van der Waals surface area contributed by atoms with E-state index in [-0.39, 0.29) is 6.10 Å². The first-order valence-corrected chi connectivity index (χ1v) is 9.66. The smallest absolute Gasteiger partial charge is 0.192 e. The molecule has 0 saturated carbocycles. The van der Waals surface area contributed by atoms with Gasteiger partial charge >= 0.3 is 0 Å². The molecule has 0 aromatic rings. The lowest BCUT2D eigenvalue weighted by Crippen LogP contribution is -2.43. The normalized spacial score (nSPS) is 13.7. The first kappa shape index (κ1) is 17.2. The fourth-order valence-electron chi connectivity index (χ4n) is 2.06. The van der Waals surface area contributed by atoms with Crippen molar-refractivity contribution in [2.75, 3.05) is 13.1 Å². The van der Waals surface area contributed by atoms with Gasteiger partial charge in [-0.3, -0.25) is 0 Å². The number of likely N-dealkylation sites (N-methyl/N-ethyl adjacent to an activating group) is 1. The van der Waals surface area contributed by atoms with Crippen LogP contribution in [-0.2, 0) is 4.43 Å². The van der Waals surface area contributed by atoms with Gasteiger partial charge < -0.3 is 9.74 Å². The lowest BCUT2D eigenvalue weighted by Gasteiger charge is -2.33. The number of nitrogens with one attached hydrogen (secondary N) is 1. The van der Waals surface area contributed by atoms with E-state index >= 15 is 0 Å². The molecule has 4 heteroatoms. The molecule has 0 saturated heterocycles. The van der Waals surface area contributed by atoms with Crippen molar-refractivity contribution in [2.45, 2.75) is 58.4 Å². The fourth-order valence-corrected chi connectivity index (χ4v) is 5.11. The molecule has 0 aliphatic carbocycles. The van der Waals surface area contributed by atoms with E-state index in [0.717, 1.165) is 19.5 Å². The van der Waals surface area contributed by atoms with Gasteiger partial charge in [-0.15, -0.1) is 0 Å². The van der Waals surface area contributed by atoms with Gasteiger partial charge in [0.15, 0.2) is 8.32 Å². The van der Waals surface area contributed by atoms with Crippen molar-refractivity contribution in [3.05, 3.63) is 11.6 Å².